The Morgan fingerprint density at radius 2 is 2.00 bits per heavy atom. The van der Waals surface area contributed by atoms with Gasteiger partial charge in [0.25, 0.3) is 5.91 Å². The highest BCUT2D eigenvalue weighted by Gasteiger charge is 2.36. The monoisotopic (exact) mass is 445 g/mol. The van der Waals surface area contributed by atoms with E-state index >= 15 is 0 Å². The van der Waals surface area contributed by atoms with Gasteiger partial charge in [-0.05, 0) is 62.3 Å². The van der Waals surface area contributed by atoms with Crippen molar-refractivity contribution in [2.45, 2.75) is 51.3 Å². The third-order valence-corrected chi connectivity index (χ3v) is 5.90. The molecule has 170 valence electrons. The van der Waals surface area contributed by atoms with Crippen LogP contribution in [0.5, 0.6) is 5.88 Å². The van der Waals surface area contributed by atoms with E-state index in [-0.39, 0.29) is 11.8 Å². The van der Waals surface area contributed by atoms with Gasteiger partial charge >= 0.3 is 6.18 Å². The van der Waals surface area contributed by atoms with Gasteiger partial charge in [-0.25, -0.2) is 4.98 Å². The highest BCUT2D eigenvalue weighted by atomic mass is 19.4. The van der Waals surface area contributed by atoms with Crippen LogP contribution < -0.4 is 10.1 Å². The first-order valence-electron chi connectivity index (χ1n) is 10.5. The summed E-state index contributed by atoms with van der Waals surface area (Å²) in [6, 6.07) is 11.5. The molecule has 1 fully saturated rings. The number of nitrogens with zero attached hydrogens (tertiary/aromatic N) is 2. The van der Waals surface area contributed by atoms with E-state index in [9.17, 15) is 23.2 Å². The summed E-state index contributed by atoms with van der Waals surface area (Å²) in [4.78, 5) is 16.5. The second kappa shape index (κ2) is 9.19. The van der Waals surface area contributed by atoms with Crippen molar-refractivity contribution < 1.29 is 22.7 Å². The summed E-state index contributed by atoms with van der Waals surface area (Å²) in [7, 11) is 0. The lowest BCUT2D eigenvalue weighted by molar-refractivity contribution is -0.138. The smallest absolute Gasteiger partial charge is 0.417 e. The molecule has 1 amide bonds. The van der Waals surface area contributed by atoms with Gasteiger partial charge in [-0.3, -0.25) is 4.79 Å². The van der Waals surface area contributed by atoms with Crippen LogP contribution in [0.15, 0.2) is 42.6 Å². The number of pyridine rings is 1. The number of hydrogen-bond donors (Lipinski definition) is 1. The molecule has 2 atom stereocenters. The molecule has 1 aliphatic carbocycles. The Kier molecular flexibility index (Phi) is 6.77. The third-order valence-electron chi connectivity index (χ3n) is 5.90. The molecule has 0 saturated heterocycles. The molecule has 3 rings (SSSR count). The molecule has 0 bridgehead atoms. The number of alkyl halides is 3. The van der Waals surface area contributed by atoms with Gasteiger partial charge in [-0.2, -0.15) is 18.4 Å². The van der Waals surface area contributed by atoms with Crippen molar-refractivity contribution >= 4 is 5.91 Å². The van der Waals surface area contributed by atoms with Gasteiger partial charge < -0.3 is 10.1 Å². The molecule has 0 spiro atoms. The number of aromatic nitrogens is 1. The van der Waals surface area contributed by atoms with Crippen molar-refractivity contribution in [3.05, 3.63) is 59.3 Å². The number of carbonyl (C=O) groups excluding carboxylic acids is 1. The minimum absolute atomic E-state index is 0.0275. The first kappa shape index (κ1) is 23.6. The summed E-state index contributed by atoms with van der Waals surface area (Å²) in [5.74, 6) is 0.472. The largest absolute Gasteiger partial charge is 0.462 e. The van der Waals surface area contributed by atoms with E-state index in [2.05, 4.69) is 23.3 Å². The normalized spacial score (nSPS) is 16.0. The predicted molar refractivity (Wildman–Crippen MR) is 113 cm³/mol. The van der Waals surface area contributed by atoms with Gasteiger partial charge in [0.2, 0.25) is 5.88 Å². The van der Waals surface area contributed by atoms with Gasteiger partial charge in [-0.15, -0.1) is 0 Å². The number of nitriles is 1. The topological polar surface area (TPSA) is 75.0 Å². The van der Waals surface area contributed by atoms with Crippen LogP contribution in [0.4, 0.5) is 13.2 Å². The SMILES string of the molecule is CC(C1CC1)C(CNC(=O)C(C)(C)Oc1ccc(C(F)(F)F)cn1)c1cccc(C#N)c1. The maximum absolute atomic E-state index is 12.9. The van der Waals surface area contributed by atoms with E-state index in [1.165, 1.54) is 13.8 Å². The fraction of sp³-hybridized carbons (Fsp3) is 0.458. The molecule has 1 aromatic heterocycles. The zero-order valence-electron chi connectivity index (χ0n) is 18.2. The number of amides is 1. The Balaban J connectivity index is 1.68. The lowest BCUT2D eigenvalue weighted by atomic mass is 9.83. The standard InChI is InChI=1S/C24H26F3N3O2/c1-15(17-7-8-17)20(18-6-4-5-16(11-18)12-28)14-30-22(31)23(2,3)32-21-10-9-19(13-29-21)24(25,26)27/h4-6,9-11,13,15,17,20H,7-8,14H2,1-3H3,(H,30,31). The molecule has 1 N–H and O–H groups in total. The van der Waals surface area contributed by atoms with Crippen molar-refractivity contribution in [3.63, 3.8) is 0 Å². The summed E-state index contributed by atoms with van der Waals surface area (Å²) in [6.07, 6.45) is -1.51. The van der Waals surface area contributed by atoms with E-state index in [0.29, 0.717) is 30.1 Å². The summed E-state index contributed by atoms with van der Waals surface area (Å²) >= 11 is 0. The minimum Gasteiger partial charge on any atom is -0.462 e. The number of ether oxygens (including phenoxy) is 1. The number of carbonyl (C=O) groups is 1. The summed E-state index contributed by atoms with van der Waals surface area (Å²) in [5, 5.41) is 12.1. The van der Waals surface area contributed by atoms with Gasteiger partial charge in [-0.1, -0.05) is 19.1 Å². The molecule has 1 saturated carbocycles. The highest BCUT2D eigenvalue weighted by molar-refractivity contribution is 5.84. The molecule has 1 heterocycles. The van der Waals surface area contributed by atoms with Crippen LogP contribution in [0.2, 0.25) is 0 Å². The van der Waals surface area contributed by atoms with Gasteiger partial charge in [0.1, 0.15) is 0 Å². The van der Waals surface area contributed by atoms with Crippen LogP contribution in [0.3, 0.4) is 0 Å². The highest BCUT2D eigenvalue weighted by Crippen LogP contribution is 2.43. The lowest BCUT2D eigenvalue weighted by Crippen LogP contribution is -2.48. The van der Waals surface area contributed by atoms with Crippen molar-refractivity contribution in [1.29, 1.82) is 5.26 Å². The van der Waals surface area contributed by atoms with E-state index in [1.54, 1.807) is 6.07 Å². The van der Waals surface area contributed by atoms with Crippen LogP contribution in [-0.2, 0) is 11.0 Å². The van der Waals surface area contributed by atoms with Crippen LogP contribution >= 0.6 is 0 Å². The Morgan fingerprint density at radius 3 is 2.56 bits per heavy atom. The molecule has 2 aromatic rings. The van der Waals surface area contributed by atoms with E-state index in [0.717, 1.165) is 30.5 Å². The molecular formula is C24H26F3N3O2. The van der Waals surface area contributed by atoms with Crippen LogP contribution in [0.1, 0.15) is 56.2 Å². The van der Waals surface area contributed by atoms with Crippen LogP contribution in [0, 0.1) is 23.2 Å². The first-order chi connectivity index (χ1) is 15.0. The predicted octanol–water partition coefficient (Wildman–Crippen LogP) is 5.08. The summed E-state index contributed by atoms with van der Waals surface area (Å²) < 4.78 is 43.7. The molecule has 1 aliphatic rings. The van der Waals surface area contributed by atoms with E-state index in [4.69, 9.17) is 4.74 Å². The number of rotatable bonds is 8. The zero-order chi connectivity index (χ0) is 23.5. The molecule has 0 radical (unpaired) electrons. The minimum atomic E-state index is -4.49. The fourth-order valence-corrected chi connectivity index (χ4v) is 3.73. The molecular weight excluding hydrogens is 419 g/mol. The summed E-state index contributed by atoms with van der Waals surface area (Å²) in [5.41, 5.74) is -0.663. The number of nitrogens with one attached hydrogen (secondary N) is 1. The molecule has 2 unspecified atom stereocenters. The maximum Gasteiger partial charge on any atom is 0.417 e. The molecule has 1 aromatic carbocycles. The number of hydrogen-bond acceptors (Lipinski definition) is 4. The summed E-state index contributed by atoms with van der Waals surface area (Å²) in [6.45, 7) is 5.59. The maximum atomic E-state index is 12.9. The average molecular weight is 445 g/mol. The first-order valence-corrected chi connectivity index (χ1v) is 10.5. The second-order valence-electron chi connectivity index (χ2n) is 8.75. The Bertz CT molecular complexity index is 993. The lowest BCUT2D eigenvalue weighted by Gasteiger charge is -2.29. The average Bonchev–Trinajstić information content (AvgIpc) is 3.58. The van der Waals surface area contributed by atoms with Crippen molar-refractivity contribution in [2.75, 3.05) is 6.54 Å². The van der Waals surface area contributed by atoms with Crippen molar-refractivity contribution in [2.24, 2.45) is 11.8 Å². The number of halogens is 3. The second-order valence-corrected chi connectivity index (χ2v) is 8.75. The molecule has 5 nitrogen and oxygen atoms in total. The van der Waals surface area contributed by atoms with Crippen LogP contribution in [-0.4, -0.2) is 23.0 Å². The van der Waals surface area contributed by atoms with Crippen molar-refractivity contribution in [3.8, 4) is 11.9 Å². The quantitative estimate of drug-likeness (QED) is 0.615. The van der Waals surface area contributed by atoms with Gasteiger partial charge in [0.15, 0.2) is 5.60 Å². The molecule has 0 aliphatic heterocycles. The van der Waals surface area contributed by atoms with E-state index in [1.807, 2.05) is 18.2 Å². The van der Waals surface area contributed by atoms with Crippen LogP contribution in [0.25, 0.3) is 0 Å². The third kappa shape index (κ3) is 5.78. The molecule has 8 heteroatoms. The van der Waals surface area contributed by atoms with E-state index < -0.39 is 23.2 Å². The molecule has 32 heavy (non-hydrogen) atoms. The zero-order valence-corrected chi connectivity index (χ0v) is 18.2. The Labute approximate surface area is 185 Å². The number of benzene rings is 1. The Hall–Kier alpha value is -3.08. The van der Waals surface area contributed by atoms with Gasteiger partial charge in [0.05, 0.1) is 17.2 Å². The van der Waals surface area contributed by atoms with Gasteiger partial charge in [0, 0.05) is 24.7 Å². The fourth-order valence-electron chi connectivity index (χ4n) is 3.73. The Morgan fingerprint density at radius 1 is 1.28 bits per heavy atom. The van der Waals surface area contributed by atoms with Crippen molar-refractivity contribution in [1.82, 2.24) is 10.3 Å².